The van der Waals surface area contributed by atoms with Gasteiger partial charge in [-0.1, -0.05) is 0 Å². The van der Waals surface area contributed by atoms with Gasteiger partial charge in [-0.3, -0.25) is 4.79 Å². The summed E-state index contributed by atoms with van der Waals surface area (Å²) in [7, 11) is 1.45. The van der Waals surface area contributed by atoms with Crippen LogP contribution in [0.25, 0.3) is 0 Å². The first-order valence-electron chi connectivity index (χ1n) is 5.92. The quantitative estimate of drug-likeness (QED) is 0.747. The number of nitrogens with one attached hydrogen (secondary N) is 1. The third kappa shape index (κ3) is 2.56. The topological polar surface area (TPSA) is 78.8 Å². The van der Waals surface area contributed by atoms with E-state index in [1.165, 1.54) is 19.2 Å². The normalized spacial score (nSPS) is 16.8. The molecule has 0 saturated heterocycles. The van der Waals surface area contributed by atoms with Gasteiger partial charge in [-0.05, 0) is 37.5 Å². The van der Waals surface area contributed by atoms with Crippen LogP contribution in [-0.4, -0.2) is 35.4 Å². The summed E-state index contributed by atoms with van der Waals surface area (Å²) >= 11 is 0. The summed E-state index contributed by atoms with van der Waals surface area (Å²) in [6.07, 6.45) is 2.44. The molecule has 1 fully saturated rings. The van der Waals surface area contributed by atoms with Gasteiger partial charge in [0.05, 0.1) is 12.7 Å². The van der Waals surface area contributed by atoms with E-state index in [-0.39, 0.29) is 18.2 Å². The highest BCUT2D eigenvalue weighted by Gasteiger charge is 2.34. The Hall–Kier alpha value is -1.75. The maximum Gasteiger partial charge on any atom is 0.251 e. The maximum atomic E-state index is 11.8. The molecule has 1 aliphatic carbocycles. The van der Waals surface area contributed by atoms with Crippen LogP contribution in [0.15, 0.2) is 18.2 Å². The molecule has 0 unspecified atom stereocenters. The Morgan fingerprint density at radius 3 is 2.72 bits per heavy atom. The number of phenols is 1. The van der Waals surface area contributed by atoms with Gasteiger partial charge in [0.25, 0.3) is 5.91 Å². The molecular weight excluding hydrogens is 234 g/mol. The molecule has 0 spiro atoms. The first kappa shape index (κ1) is 12.7. The summed E-state index contributed by atoms with van der Waals surface area (Å²) in [6.45, 7) is 0.249. The SMILES string of the molecule is COc1ccc(C(=O)NCC2(O)CCC2)cc1O. The lowest BCUT2D eigenvalue weighted by molar-refractivity contribution is -0.0300. The van der Waals surface area contributed by atoms with Crippen molar-refractivity contribution < 1.29 is 19.7 Å². The van der Waals surface area contributed by atoms with Crippen LogP contribution < -0.4 is 10.1 Å². The molecule has 0 atom stereocenters. The zero-order chi connectivity index (χ0) is 13.2. The van der Waals surface area contributed by atoms with Crippen LogP contribution >= 0.6 is 0 Å². The lowest BCUT2D eigenvalue weighted by Gasteiger charge is -2.36. The number of ether oxygens (including phenoxy) is 1. The van der Waals surface area contributed by atoms with Crippen molar-refractivity contribution in [2.24, 2.45) is 0 Å². The first-order valence-corrected chi connectivity index (χ1v) is 5.92. The molecule has 0 radical (unpaired) electrons. The van der Waals surface area contributed by atoms with Gasteiger partial charge >= 0.3 is 0 Å². The number of amides is 1. The second kappa shape index (κ2) is 4.86. The van der Waals surface area contributed by atoms with Crippen molar-refractivity contribution in [3.8, 4) is 11.5 Å². The van der Waals surface area contributed by atoms with E-state index < -0.39 is 5.60 Å². The average molecular weight is 251 g/mol. The average Bonchev–Trinajstić information content (AvgIpc) is 2.33. The number of hydrogen-bond donors (Lipinski definition) is 3. The third-order valence-corrected chi connectivity index (χ3v) is 3.30. The highest BCUT2D eigenvalue weighted by Crippen LogP contribution is 2.31. The Balaban J connectivity index is 1.98. The van der Waals surface area contributed by atoms with Gasteiger partial charge in [0.15, 0.2) is 11.5 Å². The molecule has 5 heteroatoms. The smallest absolute Gasteiger partial charge is 0.251 e. The molecular formula is C13H17NO4. The van der Waals surface area contributed by atoms with Gasteiger partial charge in [0.2, 0.25) is 0 Å². The molecule has 0 aromatic heterocycles. The van der Waals surface area contributed by atoms with Crippen LogP contribution in [0.1, 0.15) is 29.6 Å². The summed E-state index contributed by atoms with van der Waals surface area (Å²) in [5, 5.41) is 22.1. The minimum atomic E-state index is -0.746. The Labute approximate surface area is 105 Å². The molecule has 0 heterocycles. The van der Waals surface area contributed by atoms with Crippen molar-refractivity contribution >= 4 is 5.91 Å². The molecule has 2 rings (SSSR count). The Morgan fingerprint density at radius 1 is 1.50 bits per heavy atom. The summed E-state index contributed by atoms with van der Waals surface area (Å²) in [5.74, 6) is -0.0649. The van der Waals surface area contributed by atoms with E-state index in [4.69, 9.17) is 4.74 Å². The predicted octanol–water partition coefficient (Wildman–Crippen LogP) is 1.05. The van der Waals surface area contributed by atoms with E-state index in [0.717, 1.165) is 19.3 Å². The number of benzene rings is 1. The molecule has 5 nitrogen and oxygen atoms in total. The lowest BCUT2D eigenvalue weighted by Crippen LogP contribution is -2.47. The predicted molar refractivity (Wildman–Crippen MR) is 65.8 cm³/mol. The fraction of sp³-hybridized carbons (Fsp3) is 0.462. The van der Waals surface area contributed by atoms with Gasteiger partial charge in [-0.15, -0.1) is 0 Å². The molecule has 0 bridgehead atoms. The highest BCUT2D eigenvalue weighted by molar-refractivity contribution is 5.94. The number of aromatic hydroxyl groups is 1. The summed E-state index contributed by atoms with van der Waals surface area (Å²) in [6, 6.07) is 4.44. The van der Waals surface area contributed by atoms with Crippen molar-refractivity contribution in [2.75, 3.05) is 13.7 Å². The minimum absolute atomic E-state index is 0.0764. The molecule has 0 aliphatic heterocycles. The number of methoxy groups -OCH3 is 1. The van der Waals surface area contributed by atoms with Gasteiger partial charge in [0, 0.05) is 12.1 Å². The molecule has 3 N–H and O–H groups in total. The Morgan fingerprint density at radius 2 is 2.22 bits per heavy atom. The first-order chi connectivity index (χ1) is 8.54. The van der Waals surface area contributed by atoms with Crippen LogP contribution in [-0.2, 0) is 0 Å². The van der Waals surface area contributed by atoms with Crippen LogP contribution in [0.5, 0.6) is 11.5 Å². The number of hydrogen-bond acceptors (Lipinski definition) is 4. The Bertz CT molecular complexity index is 454. The van der Waals surface area contributed by atoms with Gasteiger partial charge in [-0.25, -0.2) is 0 Å². The molecule has 1 aliphatic rings. The van der Waals surface area contributed by atoms with Gasteiger partial charge in [0.1, 0.15) is 0 Å². The van der Waals surface area contributed by atoms with Crippen LogP contribution in [0, 0.1) is 0 Å². The largest absolute Gasteiger partial charge is 0.504 e. The van der Waals surface area contributed by atoms with E-state index in [1.54, 1.807) is 6.07 Å². The monoisotopic (exact) mass is 251 g/mol. The summed E-state index contributed by atoms with van der Waals surface area (Å²) < 4.78 is 4.90. The van der Waals surface area contributed by atoms with Gasteiger partial charge in [-0.2, -0.15) is 0 Å². The van der Waals surface area contributed by atoms with E-state index >= 15 is 0 Å². The fourth-order valence-corrected chi connectivity index (χ4v) is 1.94. The van der Waals surface area contributed by atoms with E-state index in [1.807, 2.05) is 0 Å². The number of rotatable bonds is 4. The number of phenolic OH excluding ortho intramolecular Hbond substituents is 1. The lowest BCUT2D eigenvalue weighted by atomic mass is 9.80. The molecule has 18 heavy (non-hydrogen) atoms. The second-order valence-corrected chi connectivity index (χ2v) is 4.65. The molecule has 1 saturated carbocycles. The zero-order valence-corrected chi connectivity index (χ0v) is 10.3. The number of carbonyl (C=O) groups is 1. The minimum Gasteiger partial charge on any atom is -0.504 e. The van der Waals surface area contributed by atoms with E-state index in [0.29, 0.717) is 11.3 Å². The van der Waals surface area contributed by atoms with E-state index in [9.17, 15) is 15.0 Å². The van der Waals surface area contributed by atoms with Crippen molar-refractivity contribution in [2.45, 2.75) is 24.9 Å². The molecule has 1 aromatic carbocycles. The van der Waals surface area contributed by atoms with Gasteiger partial charge < -0.3 is 20.3 Å². The molecule has 1 amide bonds. The third-order valence-electron chi connectivity index (χ3n) is 3.30. The van der Waals surface area contributed by atoms with E-state index in [2.05, 4.69) is 5.32 Å². The van der Waals surface area contributed by atoms with Crippen molar-refractivity contribution in [3.63, 3.8) is 0 Å². The molecule has 98 valence electrons. The van der Waals surface area contributed by atoms with Crippen LogP contribution in [0.4, 0.5) is 0 Å². The summed E-state index contributed by atoms with van der Waals surface area (Å²) in [5.41, 5.74) is -0.402. The zero-order valence-electron chi connectivity index (χ0n) is 10.3. The summed E-state index contributed by atoms with van der Waals surface area (Å²) in [4.78, 5) is 11.8. The molecule has 1 aromatic rings. The van der Waals surface area contributed by atoms with Crippen LogP contribution in [0.3, 0.4) is 0 Å². The fourth-order valence-electron chi connectivity index (χ4n) is 1.94. The van der Waals surface area contributed by atoms with Crippen molar-refractivity contribution in [3.05, 3.63) is 23.8 Å². The standard InChI is InChI=1S/C13H17NO4/c1-18-11-4-3-9(7-10(11)15)12(16)14-8-13(17)5-2-6-13/h3-4,7,15,17H,2,5-6,8H2,1H3,(H,14,16). The van der Waals surface area contributed by atoms with Crippen LogP contribution in [0.2, 0.25) is 0 Å². The van der Waals surface area contributed by atoms with Crippen molar-refractivity contribution in [1.82, 2.24) is 5.32 Å². The second-order valence-electron chi connectivity index (χ2n) is 4.65. The van der Waals surface area contributed by atoms with Crippen molar-refractivity contribution in [1.29, 1.82) is 0 Å². The number of aliphatic hydroxyl groups is 1. The Kier molecular flexibility index (Phi) is 3.43. The number of carbonyl (C=O) groups excluding carboxylic acids is 1. The maximum absolute atomic E-state index is 11.8. The highest BCUT2D eigenvalue weighted by atomic mass is 16.5.